The first-order chi connectivity index (χ1) is 2.00. The molecule has 8 heteroatoms. The summed E-state index contributed by atoms with van der Waals surface area (Å²) < 4.78 is 34.1. The van der Waals surface area contributed by atoms with Gasteiger partial charge >= 0.3 is 0 Å². The van der Waals surface area contributed by atoms with Gasteiger partial charge in [0.05, 0.1) is 0 Å². The van der Waals surface area contributed by atoms with Crippen LogP contribution in [0.5, 0.6) is 0 Å². The molecule has 3 N–H and O–H groups in total. The van der Waals surface area contributed by atoms with E-state index < -0.39 is 10.4 Å². The van der Waals surface area contributed by atoms with Crippen molar-refractivity contribution >= 4 is 10.4 Å². The van der Waals surface area contributed by atoms with Crippen LogP contribution in [0.1, 0.15) is 0 Å². The Balaban J connectivity index is -0.0000000267. The van der Waals surface area contributed by atoms with Crippen molar-refractivity contribution < 1.29 is 47.0 Å². The van der Waals surface area contributed by atoms with E-state index in [0.29, 0.717) is 0 Å². The van der Waals surface area contributed by atoms with Gasteiger partial charge < -0.3 is 27.7 Å². The molecule has 0 aliphatic rings. The second-order valence-electron chi connectivity index (χ2n) is 0.408. The Hall–Kier alpha value is 0.639. The standard InChI is InChI=1S/ClH.Cu.H3N.H2O4S/c;;;1-5(2,3)4/h1H;;1H3;(H2,1,2,3,4)/p-3. The molecule has 5 nitrogen and oxygen atoms in total. The molecule has 0 aromatic heterocycles. The fourth-order valence-electron chi connectivity index (χ4n) is 0. The summed E-state index contributed by atoms with van der Waals surface area (Å²) in [6, 6.07) is 0. The molecular formula is H3ClCuNO4S-3. The van der Waals surface area contributed by atoms with Gasteiger partial charge in [-0.15, -0.1) is 0 Å². The fourth-order valence-corrected chi connectivity index (χ4v) is 0. The quantitative estimate of drug-likeness (QED) is 0.248. The van der Waals surface area contributed by atoms with Crippen LogP contribution in [-0.2, 0) is 27.5 Å². The summed E-state index contributed by atoms with van der Waals surface area (Å²) in [5.41, 5.74) is 0. The van der Waals surface area contributed by atoms with Crippen LogP contribution in [0.25, 0.3) is 0 Å². The summed E-state index contributed by atoms with van der Waals surface area (Å²) in [7, 11) is -5.17. The Morgan fingerprint density at radius 2 is 1.12 bits per heavy atom. The Morgan fingerprint density at radius 3 is 1.12 bits per heavy atom. The van der Waals surface area contributed by atoms with E-state index in [1.807, 2.05) is 0 Å². The first-order valence-corrected chi connectivity index (χ1v) is 2.00. The molecule has 0 heterocycles. The number of hydrogen-bond acceptors (Lipinski definition) is 5. The van der Waals surface area contributed by atoms with E-state index in [-0.39, 0.29) is 35.6 Å². The second kappa shape index (κ2) is 7.64. The third-order valence-corrected chi connectivity index (χ3v) is 0. The van der Waals surface area contributed by atoms with Gasteiger partial charge in [0.15, 0.2) is 0 Å². The average Bonchev–Trinajstić information content (AvgIpc) is 0.722. The van der Waals surface area contributed by atoms with Crippen LogP contribution in [-0.4, -0.2) is 17.5 Å². The van der Waals surface area contributed by atoms with E-state index in [9.17, 15) is 0 Å². The van der Waals surface area contributed by atoms with E-state index in [1.165, 1.54) is 0 Å². The zero-order valence-corrected chi connectivity index (χ0v) is 5.94. The van der Waals surface area contributed by atoms with E-state index in [1.54, 1.807) is 0 Å². The minimum absolute atomic E-state index is 0. The first kappa shape index (κ1) is 23.4. The summed E-state index contributed by atoms with van der Waals surface area (Å²) in [4.78, 5) is 0. The molecule has 0 spiro atoms. The van der Waals surface area contributed by atoms with Crippen LogP contribution in [0.4, 0.5) is 0 Å². The van der Waals surface area contributed by atoms with Crippen LogP contribution in [0.3, 0.4) is 0 Å². The van der Waals surface area contributed by atoms with Crippen molar-refractivity contribution in [2.75, 3.05) is 0 Å². The normalized spacial score (nSPS) is 7.25. The minimum Gasteiger partial charge on any atom is -1.00 e. The van der Waals surface area contributed by atoms with Crippen LogP contribution in [0.2, 0.25) is 0 Å². The van der Waals surface area contributed by atoms with Gasteiger partial charge in [-0.2, -0.15) is 0 Å². The van der Waals surface area contributed by atoms with Crippen LogP contribution < -0.4 is 18.6 Å². The van der Waals surface area contributed by atoms with Crippen molar-refractivity contribution in [1.82, 2.24) is 6.15 Å². The summed E-state index contributed by atoms with van der Waals surface area (Å²) >= 11 is 0. The maximum Gasteiger partial charge on any atom is 0.0311 e. The Kier molecular flexibility index (Phi) is 22.4. The molecular weight excluding hydrogens is 209 g/mol. The molecule has 0 fully saturated rings. The van der Waals surface area contributed by atoms with Gasteiger partial charge in [-0.05, 0) is 0 Å². The van der Waals surface area contributed by atoms with Crippen molar-refractivity contribution in [3.8, 4) is 0 Å². The van der Waals surface area contributed by atoms with Crippen molar-refractivity contribution in [3.05, 3.63) is 0 Å². The average molecular weight is 212 g/mol. The van der Waals surface area contributed by atoms with Crippen molar-refractivity contribution in [2.45, 2.75) is 0 Å². The molecule has 0 amide bonds. The number of rotatable bonds is 0. The topological polar surface area (TPSA) is 115 Å². The molecule has 1 radical (unpaired) electrons. The van der Waals surface area contributed by atoms with Gasteiger partial charge in [0.1, 0.15) is 0 Å². The SMILES string of the molecule is N.O=S(=O)([O-])[O-].[Cl-].[Cu]. The molecule has 0 unspecified atom stereocenters. The molecule has 0 atom stereocenters. The van der Waals surface area contributed by atoms with E-state index in [0.717, 1.165) is 0 Å². The number of halogens is 1. The Bertz CT molecular complexity index is 99.2. The van der Waals surface area contributed by atoms with Crippen LogP contribution in [0, 0.1) is 0 Å². The maximum atomic E-state index is 8.52. The van der Waals surface area contributed by atoms with Gasteiger partial charge in [-0.25, -0.2) is 0 Å². The van der Waals surface area contributed by atoms with Gasteiger partial charge in [-0.1, -0.05) is 0 Å². The molecule has 0 aromatic carbocycles. The minimum atomic E-state index is -5.17. The summed E-state index contributed by atoms with van der Waals surface area (Å²) in [6.45, 7) is 0. The first-order valence-electron chi connectivity index (χ1n) is 0.667. The maximum absolute atomic E-state index is 8.52. The molecule has 0 rings (SSSR count). The summed E-state index contributed by atoms with van der Waals surface area (Å²) in [5, 5.41) is 0. The Morgan fingerprint density at radius 1 is 1.12 bits per heavy atom. The molecule has 8 heavy (non-hydrogen) atoms. The fraction of sp³-hybridized carbons (Fsp3) is 0. The third-order valence-electron chi connectivity index (χ3n) is 0. The molecule has 0 bridgehead atoms. The molecule has 0 aliphatic carbocycles. The summed E-state index contributed by atoms with van der Waals surface area (Å²) in [5.74, 6) is 0. The molecule has 0 aromatic rings. The molecule has 59 valence electrons. The van der Waals surface area contributed by atoms with Crippen LogP contribution in [0.15, 0.2) is 0 Å². The second-order valence-corrected chi connectivity index (χ2v) is 1.22. The van der Waals surface area contributed by atoms with E-state index in [4.69, 9.17) is 17.5 Å². The van der Waals surface area contributed by atoms with Gasteiger partial charge in [-0.3, -0.25) is 8.42 Å². The largest absolute Gasteiger partial charge is 1.00 e. The van der Waals surface area contributed by atoms with Crippen molar-refractivity contribution in [2.24, 2.45) is 0 Å². The zero-order valence-electron chi connectivity index (χ0n) is 3.43. The molecule has 0 aliphatic heterocycles. The predicted molar refractivity (Wildman–Crippen MR) is 15.5 cm³/mol. The van der Waals surface area contributed by atoms with E-state index >= 15 is 0 Å². The molecule has 0 saturated carbocycles. The predicted octanol–water partition coefficient (Wildman–Crippen LogP) is -4.17. The molecule has 0 saturated heterocycles. The van der Waals surface area contributed by atoms with Gasteiger partial charge in [0.2, 0.25) is 0 Å². The number of hydrogen-bond donors (Lipinski definition) is 1. The van der Waals surface area contributed by atoms with Gasteiger partial charge in [0, 0.05) is 27.5 Å². The van der Waals surface area contributed by atoms with Gasteiger partial charge in [0.25, 0.3) is 0 Å². The zero-order chi connectivity index (χ0) is 4.50. The van der Waals surface area contributed by atoms with Crippen molar-refractivity contribution in [3.63, 3.8) is 0 Å². The van der Waals surface area contributed by atoms with Crippen molar-refractivity contribution in [1.29, 1.82) is 0 Å². The smallest absolute Gasteiger partial charge is 0.0311 e. The summed E-state index contributed by atoms with van der Waals surface area (Å²) in [6.07, 6.45) is 0. The Labute approximate surface area is 63.9 Å². The monoisotopic (exact) mass is 211 g/mol. The van der Waals surface area contributed by atoms with E-state index in [2.05, 4.69) is 0 Å². The van der Waals surface area contributed by atoms with Crippen LogP contribution >= 0.6 is 0 Å². The third kappa shape index (κ3) is 516.